The number of halogens is 2. The average Bonchev–Trinajstić information content (AvgIpc) is 2.69. The van der Waals surface area contributed by atoms with Gasteiger partial charge in [-0.15, -0.1) is 11.8 Å². The van der Waals surface area contributed by atoms with E-state index < -0.39 is 0 Å². The number of fused-ring (bicyclic) bond motifs is 2. The summed E-state index contributed by atoms with van der Waals surface area (Å²) in [6.07, 6.45) is 5.40. The lowest BCUT2D eigenvalue weighted by Gasteiger charge is -2.41. The minimum absolute atomic E-state index is 0.763. The van der Waals surface area contributed by atoms with Crippen molar-refractivity contribution >= 4 is 35.0 Å². The first-order valence-electron chi connectivity index (χ1n) is 9.98. The third-order valence-corrected chi connectivity index (χ3v) is 8.39. The van der Waals surface area contributed by atoms with E-state index >= 15 is 0 Å². The topological polar surface area (TPSA) is 33.2 Å². The van der Waals surface area contributed by atoms with E-state index in [-0.39, 0.29) is 0 Å². The number of quaternary nitrogens is 2. The fourth-order valence-electron chi connectivity index (χ4n) is 4.43. The largest absolute Gasteiger partial charge is 0.339 e. The number of benzene rings is 2. The number of hydrogen-bond acceptors (Lipinski definition) is 1. The maximum absolute atomic E-state index is 5.99. The van der Waals surface area contributed by atoms with Gasteiger partial charge in [-0.1, -0.05) is 47.5 Å². The van der Waals surface area contributed by atoms with Gasteiger partial charge in [-0.05, 0) is 37.1 Å². The van der Waals surface area contributed by atoms with Gasteiger partial charge in [0.25, 0.3) is 0 Å². The quantitative estimate of drug-likeness (QED) is 0.731. The van der Waals surface area contributed by atoms with E-state index in [2.05, 4.69) is 46.7 Å². The molecule has 2 aromatic rings. The summed E-state index contributed by atoms with van der Waals surface area (Å²) in [7, 11) is 0. The molecule has 0 unspecified atom stereocenters. The first kappa shape index (κ1) is 19.6. The van der Waals surface area contributed by atoms with Crippen LogP contribution in [0.15, 0.2) is 48.5 Å². The van der Waals surface area contributed by atoms with Crippen molar-refractivity contribution in [3.8, 4) is 0 Å². The lowest BCUT2D eigenvalue weighted by atomic mass is 9.91. The van der Waals surface area contributed by atoms with Crippen LogP contribution in [0.1, 0.15) is 36.8 Å². The second-order valence-corrected chi connectivity index (χ2v) is 10.2. The van der Waals surface area contributed by atoms with Crippen LogP contribution < -0.4 is 10.6 Å². The molecule has 2 nitrogen and oxygen atoms in total. The van der Waals surface area contributed by atoms with Crippen molar-refractivity contribution in [2.75, 3.05) is 0 Å². The third kappa shape index (κ3) is 5.21. The van der Waals surface area contributed by atoms with Crippen LogP contribution in [0, 0.1) is 0 Å². The van der Waals surface area contributed by atoms with Gasteiger partial charge < -0.3 is 10.6 Å². The van der Waals surface area contributed by atoms with E-state index in [1.54, 1.807) is 0 Å². The second-order valence-electron chi connectivity index (χ2n) is 7.83. The third-order valence-electron chi connectivity index (χ3n) is 6.01. The Balaban J connectivity index is 1.25. The van der Waals surface area contributed by atoms with E-state index in [0.717, 1.165) is 45.7 Å². The first-order chi connectivity index (χ1) is 13.2. The molecule has 2 bridgehead atoms. The van der Waals surface area contributed by atoms with Crippen molar-refractivity contribution < 1.29 is 10.6 Å². The van der Waals surface area contributed by atoms with Gasteiger partial charge in [-0.25, -0.2) is 0 Å². The zero-order valence-corrected chi connectivity index (χ0v) is 17.8. The van der Waals surface area contributed by atoms with Crippen LogP contribution >= 0.6 is 35.0 Å². The Morgan fingerprint density at radius 3 is 1.48 bits per heavy atom. The molecule has 0 saturated carbocycles. The molecule has 2 saturated heterocycles. The van der Waals surface area contributed by atoms with Crippen LogP contribution in [0.3, 0.4) is 0 Å². The SMILES string of the molecule is Clc1ccc(C[NH2+][C@H]2CC[C@@H]3S[C@H]2CC[C@H]3[NH2+]Cc2ccc(Cl)cc2)cc1. The number of thioether (sulfide) groups is 1. The molecule has 0 aliphatic carbocycles. The zero-order chi connectivity index (χ0) is 18.6. The molecule has 2 aliphatic heterocycles. The Morgan fingerprint density at radius 2 is 1.07 bits per heavy atom. The van der Waals surface area contributed by atoms with Gasteiger partial charge in [0, 0.05) is 34.0 Å². The summed E-state index contributed by atoms with van der Waals surface area (Å²) in [5.74, 6) is 0. The molecule has 4 N–H and O–H groups in total. The van der Waals surface area contributed by atoms with Crippen molar-refractivity contribution in [3.05, 3.63) is 69.7 Å². The van der Waals surface area contributed by atoms with Gasteiger partial charge in [0.2, 0.25) is 0 Å². The summed E-state index contributed by atoms with van der Waals surface area (Å²) in [6.45, 7) is 2.13. The van der Waals surface area contributed by atoms with Crippen LogP contribution in [0.5, 0.6) is 0 Å². The highest BCUT2D eigenvalue weighted by Crippen LogP contribution is 2.39. The molecular formula is C22H28Cl2N2S+2. The molecule has 4 atom stereocenters. The molecule has 0 aromatic heterocycles. The minimum Gasteiger partial charge on any atom is -0.339 e. The zero-order valence-electron chi connectivity index (χ0n) is 15.5. The van der Waals surface area contributed by atoms with Crippen molar-refractivity contribution in [1.82, 2.24) is 0 Å². The van der Waals surface area contributed by atoms with Gasteiger partial charge in [0.1, 0.15) is 13.1 Å². The standard InChI is InChI=1S/C22H26Cl2N2S/c23-17-5-1-15(2-6-17)13-25-19-9-11-22-20(10-12-21(19)27-22)26-14-16-3-7-18(24)8-4-16/h1-8,19-22,25-26H,9-14H2/p+2/t19-,20+,21-,22-/m0/s1. The van der Waals surface area contributed by atoms with Crippen LogP contribution in [0.4, 0.5) is 0 Å². The number of rotatable bonds is 6. The highest BCUT2D eigenvalue weighted by atomic mass is 35.5. The lowest BCUT2D eigenvalue weighted by molar-refractivity contribution is -0.713. The molecule has 0 radical (unpaired) electrons. The fourth-order valence-corrected chi connectivity index (χ4v) is 6.57. The smallest absolute Gasteiger partial charge is 0.101 e. The molecule has 5 heteroatoms. The summed E-state index contributed by atoms with van der Waals surface area (Å²) in [5.41, 5.74) is 2.74. The van der Waals surface area contributed by atoms with Gasteiger partial charge in [0.05, 0.1) is 22.6 Å². The fraction of sp³-hybridized carbons (Fsp3) is 0.455. The van der Waals surface area contributed by atoms with E-state index in [4.69, 9.17) is 23.2 Å². The molecule has 0 spiro atoms. The highest BCUT2D eigenvalue weighted by Gasteiger charge is 2.42. The van der Waals surface area contributed by atoms with Gasteiger partial charge >= 0.3 is 0 Å². The molecule has 144 valence electrons. The van der Waals surface area contributed by atoms with E-state index in [0.29, 0.717) is 0 Å². The molecule has 2 heterocycles. The minimum atomic E-state index is 0.763. The Morgan fingerprint density at radius 1 is 0.667 bits per heavy atom. The van der Waals surface area contributed by atoms with Crippen LogP contribution in [0.25, 0.3) is 0 Å². The predicted molar refractivity (Wildman–Crippen MR) is 115 cm³/mol. The van der Waals surface area contributed by atoms with Crippen molar-refractivity contribution in [1.29, 1.82) is 0 Å². The summed E-state index contributed by atoms with van der Waals surface area (Å²) in [5, 5.41) is 8.41. The molecule has 2 fully saturated rings. The molecule has 2 aliphatic rings. The second kappa shape index (κ2) is 9.19. The Hall–Kier alpha value is -0.710. The molecular weight excluding hydrogens is 395 g/mol. The van der Waals surface area contributed by atoms with E-state index in [9.17, 15) is 0 Å². The highest BCUT2D eigenvalue weighted by molar-refractivity contribution is 8.00. The molecule has 0 amide bonds. The monoisotopic (exact) mass is 422 g/mol. The van der Waals surface area contributed by atoms with Gasteiger partial charge in [0.15, 0.2) is 0 Å². The van der Waals surface area contributed by atoms with Crippen LogP contribution in [0.2, 0.25) is 10.0 Å². The Bertz CT molecular complexity index is 671. The summed E-state index contributed by atoms with van der Waals surface area (Å²) in [4.78, 5) is 0. The van der Waals surface area contributed by atoms with Crippen molar-refractivity contribution in [2.45, 2.75) is 61.4 Å². The molecule has 4 rings (SSSR count). The van der Waals surface area contributed by atoms with E-state index in [1.165, 1.54) is 36.8 Å². The Kier molecular flexibility index (Phi) is 6.67. The number of hydrogen-bond donors (Lipinski definition) is 2. The summed E-state index contributed by atoms with van der Waals surface area (Å²) >= 11 is 14.2. The summed E-state index contributed by atoms with van der Waals surface area (Å²) < 4.78 is 0. The van der Waals surface area contributed by atoms with Crippen LogP contribution in [-0.4, -0.2) is 22.6 Å². The first-order valence-corrected chi connectivity index (χ1v) is 11.7. The van der Waals surface area contributed by atoms with Crippen molar-refractivity contribution in [3.63, 3.8) is 0 Å². The van der Waals surface area contributed by atoms with Gasteiger partial charge in [-0.3, -0.25) is 0 Å². The normalized spacial score (nSPS) is 27.5. The van der Waals surface area contributed by atoms with Crippen LogP contribution in [-0.2, 0) is 13.1 Å². The van der Waals surface area contributed by atoms with Gasteiger partial charge in [-0.2, -0.15) is 0 Å². The lowest BCUT2D eigenvalue weighted by Crippen LogP contribution is -2.94. The number of nitrogens with two attached hydrogens (primary N) is 2. The summed E-state index contributed by atoms with van der Waals surface area (Å²) in [6, 6.07) is 18.1. The maximum atomic E-state index is 5.99. The predicted octanol–water partition coefficient (Wildman–Crippen LogP) is 3.62. The molecule has 2 aromatic carbocycles. The Labute approximate surface area is 176 Å². The maximum Gasteiger partial charge on any atom is 0.101 e. The van der Waals surface area contributed by atoms with Crippen molar-refractivity contribution in [2.24, 2.45) is 0 Å². The van der Waals surface area contributed by atoms with E-state index in [1.807, 2.05) is 24.3 Å². The molecule has 27 heavy (non-hydrogen) atoms. The average molecular weight is 423 g/mol.